The average molecular weight is 266 g/mol. The van der Waals surface area contributed by atoms with E-state index in [2.05, 4.69) is 23.3 Å². The maximum Gasteiger partial charge on any atom is 0.314 e. The van der Waals surface area contributed by atoms with Crippen LogP contribution in [0.5, 0.6) is 0 Å². The standard InChI is InChI=1S/C13H18N2O2S/c1-14-13(17)15-11(7-8-12(16)18)9-10-5-3-2-4-6-10/h2-6,11H,7-9H2,1H3,(H,16,18)(H2,14,15,17)/t11-/m0/s1. The largest absolute Gasteiger partial charge is 0.341 e. The van der Waals surface area contributed by atoms with E-state index in [-0.39, 0.29) is 17.2 Å². The highest BCUT2D eigenvalue weighted by Crippen LogP contribution is 2.08. The summed E-state index contributed by atoms with van der Waals surface area (Å²) in [6, 6.07) is 9.56. The molecule has 1 atom stereocenters. The van der Waals surface area contributed by atoms with Crippen molar-refractivity contribution in [1.29, 1.82) is 0 Å². The van der Waals surface area contributed by atoms with E-state index in [1.807, 2.05) is 30.3 Å². The van der Waals surface area contributed by atoms with Crippen molar-refractivity contribution in [2.24, 2.45) is 0 Å². The van der Waals surface area contributed by atoms with Crippen LogP contribution >= 0.6 is 12.6 Å². The van der Waals surface area contributed by atoms with Crippen molar-refractivity contribution in [2.45, 2.75) is 25.3 Å². The van der Waals surface area contributed by atoms with Crippen molar-refractivity contribution in [3.8, 4) is 0 Å². The fourth-order valence-electron chi connectivity index (χ4n) is 1.68. The summed E-state index contributed by atoms with van der Waals surface area (Å²) in [6.45, 7) is 0. The zero-order chi connectivity index (χ0) is 13.4. The van der Waals surface area contributed by atoms with E-state index < -0.39 is 0 Å². The third kappa shape index (κ3) is 5.72. The highest BCUT2D eigenvalue weighted by Gasteiger charge is 2.13. The van der Waals surface area contributed by atoms with Crippen LogP contribution in [0.3, 0.4) is 0 Å². The second kappa shape index (κ2) is 7.76. The number of hydrogen-bond acceptors (Lipinski definition) is 2. The van der Waals surface area contributed by atoms with Gasteiger partial charge in [0.15, 0.2) is 5.12 Å². The Morgan fingerprint density at radius 3 is 2.50 bits per heavy atom. The minimum absolute atomic E-state index is 0.0663. The van der Waals surface area contributed by atoms with Crippen LogP contribution in [0.1, 0.15) is 18.4 Å². The Balaban J connectivity index is 2.58. The summed E-state index contributed by atoms with van der Waals surface area (Å²) in [5, 5.41) is 5.19. The molecule has 0 bridgehead atoms. The molecule has 5 heteroatoms. The maximum absolute atomic E-state index is 11.3. The number of hydrogen-bond donors (Lipinski definition) is 3. The Bertz CT molecular complexity index is 395. The van der Waals surface area contributed by atoms with E-state index in [1.165, 1.54) is 0 Å². The normalized spacial score (nSPS) is 11.7. The SMILES string of the molecule is CNC(=O)N[C@@H](CCC(=O)S)Cc1ccccc1. The topological polar surface area (TPSA) is 58.2 Å². The summed E-state index contributed by atoms with van der Waals surface area (Å²) >= 11 is 3.75. The van der Waals surface area contributed by atoms with Crippen molar-refractivity contribution in [3.63, 3.8) is 0 Å². The minimum atomic E-state index is -0.234. The number of urea groups is 1. The summed E-state index contributed by atoms with van der Waals surface area (Å²) in [4.78, 5) is 22.2. The molecule has 0 saturated carbocycles. The fourth-order valence-corrected chi connectivity index (χ4v) is 1.81. The first-order chi connectivity index (χ1) is 8.61. The van der Waals surface area contributed by atoms with Crippen LogP contribution in [-0.4, -0.2) is 24.2 Å². The van der Waals surface area contributed by atoms with E-state index in [9.17, 15) is 9.59 Å². The van der Waals surface area contributed by atoms with Crippen LogP contribution in [0.15, 0.2) is 30.3 Å². The highest BCUT2D eigenvalue weighted by molar-refractivity contribution is 7.96. The summed E-state index contributed by atoms with van der Waals surface area (Å²) in [7, 11) is 1.57. The van der Waals surface area contributed by atoms with Crippen LogP contribution in [0.2, 0.25) is 0 Å². The summed E-state index contributed by atoms with van der Waals surface area (Å²) < 4.78 is 0. The first kappa shape index (κ1) is 14.6. The van der Waals surface area contributed by atoms with E-state index in [1.54, 1.807) is 7.05 Å². The Kier molecular flexibility index (Phi) is 6.28. The molecule has 1 rings (SSSR count). The van der Waals surface area contributed by atoms with Crippen LogP contribution in [0, 0.1) is 0 Å². The van der Waals surface area contributed by atoms with Gasteiger partial charge in [-0.3, -0.25) is 4.79 Å². The zero-order valence-electron chi connectivity index (χ0n) is 10.3. The molecule has 2 amide bonds. The zero-order valence-corrected chi connectivity index (χ0v) is 11.2. The van der Waals surface area contributed by atoms with Crippen molar-refractivity contribution < 1.29 is 9.59 Å². The molecular weight excluding hydrogens is 248 g/mol. The molecule has 0 saturated heterocycles. The molecule has 0 radical (unpaired) electrons. The molecule has 2 N–H and O–H groups in total. The van der Waals surface area contributed by atoms with Crippen molar-refractivity contribution in [2.75, 3.05) is 7.05 Å². The number of amides is 2. The Morgan fingerprint density at radius 1 is 1.28 bits per heavy atom. The molecule has 0 spiro atoms. The van der Waals surface area contributed by atoms with Crippen LogP contribution < -0.4 is 10.6 Å². The first-order valence-electron chi connectivity index (χ1n) is 5.85. The van der Waals surface area contributed by atoms with Crippen LogP contribution in [-0.2, 0) is 11.2 Å². The molecule has 18 heavy (non-hydrogen) atoms. The van der Waals surface area contributed by atoms with Crippen molar-refractivity contribution in [3.05, 3.63) is 35.9 Å². The van der Waals surface area contributed by atoms with Gasteiger partial charge in [0, 0.05) is 19.5 Å². The molecule has 0 unspecified atom stereocenters. The lowest BCUT2D eigenvalue weighted by molar-refractivity contribution is -0.111. The third-order valence-electron chi connectivity index (χ3n) is 2.59. The van der Waals surface area contributed by atoms with Gasteiger partial charge in [-0.2, -0.15) is 0 Å². The number of carbonyl (C=O) groups is 2. The molecule has 4 nitrogen and oxygen atoms in total. The third-order valence-corrected chi connectivity index (χ3v) is 2.82. The van der Waals surface area contributed by atoms with Crippen LogP contribution in [0.25, 0.3) is 0 Å². The van der Waals surface area contributed by atoms with Gasteiger partial charge in [-0.05, 0) is 18.4 Å². The van der Waals surface area contributed by atoms with Crippen LogP contribution in [0.4, 0.5) is 4.79 Å². The second-order valence-corrected chi connectivity index (χ2v) is 4.54. The van der Waals surface area contributed by atoms with E-state index in [0.29, 0.717) is 19.3 Å². The summed E-state index contributed by atoms with van der Waals surface area (Å²) in [6.07, 6.45) is 1.64. The van der Waals surface area contributed by atoms with E-state index in [0.717, 1.165) is 5.56 Å². The van der Waals surface area contributed by atoms with Gasteiger partial charge in [-0.1, -0.05) is 30.3 Å². The van der Waals surface area contributed by atoms with Gasteiger partial charge >= 0.3 is 6.03 Å². The predicted octanol–water partition coefficient (Wildman–Crippen LogP) is 1.76. The molecule has 1 aromatic rings. The Labute approximate surface area is 113 Å². The predicted molar refractivity (Wildman–Crippen MR) is 74.8 cm³/mol. The smallest absolute Gasteiger partial charge is 0.314 e. The molecule has 0 aliphatic heterocycles. The van der Waals surface area contributed by atoms with Gasteiger partial charge in [-0.15, -0.1) is 12.6 Å². The van der Waals surface area contributed by atoms with Gasteiger partial charge in [0.1, 0.15) is 0 Å². The Morgan fingerprint density at radius 2 is 1.94 bits per heavy atom. The quantitative estimate of drug-likeness (QED) is 0.687. The molecule has 0 heterocycles. The number of thiol groups is 1. The highest BCUT2D eigenvalue weighted by atomic mass is 32.1. The summed E-state index contributed by atoms with van der Waals surface area (Å²) in [5.74, 6) is 0. The minimum Gasteiger partial charge on any atom is -0.341 e. The molecule has 1 aromatic carbocycles. The fraction of sp³-hybridized carbons (Fsp3) is 0.385. The molecule has 0 aromatic heterocycles. The number of benzene rings is 1. The van der Waals surface area contributed by atoms with Gasteiger partial charge < -0.3 is 10.6 Å². The number of nitrogens with one attached hydrogen (secondary N) is 2. The summed E-state index contributed by atoms with van der Waals surface area (Å²) in [5.41, 5.74) is 1.13. The first-order valence-corrected chi connectivity index (χ1v) is 6.30. The molecule has 0 aliphatic carbocycles. The molecular formula is C13H18N2O2S. The van der Waals surface area contributed by atoms with Gasteiger partial charge in [0.05, 0.1) is 0 Å². The van der Waals surface area contributed by atoms with Crippen molar-refractivity contribution >= 4 is 23.8 Å². The molecule has 98 valence electrons. The lowest BCUT2D eigenvalue weighted by Gasteiger charge is -2.18. The van der Waals surface area contributed by atoms with Gasteiger partial charge in [0.2, 0.25) is 0 Å². The maximum atomic E-state index is 11.3. The average Bonchev–Trinajstić information content (AvgIpc) is 2.37. The molecule has 0 fully saturated rings. The van der Waals surface area contributed by atoms with E-state index in [4.69, 9.17) is 0 Å². The number of rotatable bonds is 6. The lowest BCUT2D eigenvalue weighted by atomic mass is 10.0. The van der Waals surface area contributed by atoms with Gasteiger partial charge in [-0.25, -0.2) is 4.79 Å². The number of carbonyl (C=O) groups excluding carboxylic acids is 2. The van der Waals surface area contributed by atoms with E-state index >= 15 is 0 Å². The van der Waals surface area contributed by atoms with Gasteiger partial charge in [0.25, 0.3) is 0 Å². The molecule has 0 aliphatic rings. The Hall–Kier alpha value is -1.49. The lowest BCUT2D eigenvalue weighted by Crippen LogP contribution is -2.41. The second-order valence-electron chi connectivity index (χ2n) is 4.04. The monoisotopic (exact) mass is 266 g/mol. The van der Waals surface area contributed by atoms with Crippen molar-refractivity contribution in [1.82, 2.24) is 10.6 Å².